The van der Waals surface area contributed by atoms with E-state index in [1.165, 1.54) is 0 Å². The van der Waals surface area contributed by atoms with E-state index in [1.54, 1.807) is 6.20 Å². The molecule has 1 aromatic heterocycles. The lowest BCUT2D eigenvalue weighted by atomic mass is 10.2. The fourth-order valence-electron chi connectivity index (χ4n) is 1.84. The molecule has 1 rings (SSSR count). The number of aromatic nitrogens is 1. The summed E-state index contributed by atoms with van der Waals surface area (Å²) in [6, 6.07) is 4.02. The molecular weight excluding hydrogens is 240 g/mol. The zero-order valence-electron chi connectivity index (χ0n) is 12.1. The number of anilines is 1. The summed E-state index contributed by atoms with van der Waals surface area (Å²) in [5.74, 6) is 0.958. The molecule has 1 aromatic rings. The van der Waals surface area contributed by atoms with E-state index in [4.69, 9.17) is 0 Å². The first-order valence-electron chi connectivity index (χ1n) is 6.87. The Labute approximate surface area is 115 Å². The van der Waals surface area contributed by atoms with Gasteiger partial charge in [-0.3, -0.25) is 9.69 Å². The molecule has 2 N–H and O–H groups in total. The molecule has 0 bridgehead atoms. The van der Waals surface area contributed by atoms with Crippen LogP contribution in [-0.4, -0.2) is 42.0 Å². The molecule has 0 aliphatic carbocycles. The van der Waals surface area contributed by atoms with E-state index in [0.717, 1.165) is 31.0 Å². The summed E-state index contributed by atoms with van der Waals surface area (Å²) in [6.45, 7) is 9.60. The van der Waals surface area contributed by atoms with Crippen LogP contribution in [0, 0.1) is 0 Å². The van der Waals surface area contributed by atoms with Crippen LogP contribution < -0.4 is 10.6 Å². The van der Waals surface area contributed by atoms with Crippen molar-refractivity contribution in [2.24, 2.45) is 0 Å². The Morgan fingerprint density at radius 1 is 1.32 bits per heavy atom. The van der Waals surface area contributed by atoms with Gasteiger partial charge in [0, 0.05) is 25.8 Å². The quantitative estimate of drug-likeness (QED) is 0.746. The van der Waals surface area contributed by atoms with Gasteiger partial charge in [0.25, 0.3) is 0 Å². The molecule has 0 saturated carbocycles. The summed E-state index contributed by atoms with van der Waals surface area (Å²) in [7, 11) is 0. The van der Waals surface area contributed by atoms with Gasteiger partial charge in [0.05, 0.1) is 6.54 Å². The molecule has 0 spiro atoms. The summed E-state index contributed by atoms with van der Waals surface area (Å²) < 4.78 is 0. The zero-order valence-corrected chi connectivity index (χ0v) is 12.1. The summed E-state index contributed by atoms with van der Waals surface area (Å²) in [5.41, 5.74) is 1.16. The predicted molar refractivity (Wildman–Crippen MR) is 78.0 cm³/mol. The summed E-state index contributed by atoms with van der Waals surface area (Å²) in [5, 5.41) is 6.01. The molecule has 19 heavy (non-hydrogen) atoms. The molecule has 0 aliphatic rings. The van der Waals surface area contributed by atoms with Gasteiger partial charge in [-0.2, -0.15) is 0 Å². The molecule has 106 valence electrons. The standard InChI is InChI=1S/C14H24N4O/c1-4-15-13-9-12(7-8-17-13)10-18(6-3)11-14(19)16-5-2/h7-9H,4-6,10-11H2,1-3H3,(H,15,17)(H,16,19). The first kappa shape index (κ1) is 15.4. The lowest BCUT2D eigenvalue weighted by Gasteiger charge is -2.20. The number of amides is 1. The third-order valence-corrected chi connectivity index (χ3v) is 2.78. The fourth-order valence-corrected chi connectivity index (χ4v) is 1.84. The smallest absolute Gasteiger partial charge is 0.234 e. The number of rotatable bonds is 8. The van der Waals surface area contributed by atoms with Crippen molar-refractivity contribution in [2.75, 3.05) is 31.5 Å². The number of hydrogen-bond acceptors (Lipinski definition) is 4. The lowest BCUT2D eigenvalue weighted by molar-refractivity contribution is -0.122. The second-order valence-corrected chi connectivity index (χ2v) is 4.34. The number of nitrogens with one attached hydrogen (secondary N) is 2. The van der Waals surface area contributed by atoms with Crippen LogP contribution in [0.5, 0.6) is 0 Å². The van der Waals surface area contributed by atoms with Crippen molar-refractivity contribution in [3.8, 4) is 0 Å². The van der Waals surface area contributed by atoms with Crippen LogP contribution in [0.3, 0.4) is 0 Å². The van der Waals surface area contributed by atoms with Gasteiger partial charge in [0.2, 0.25) is 5.91 Å². The van der Waals surface area contributed by atoms with Crippen molar-refractivity contribution < 1.29 is 4.79 Å². The van der Waals surface area contributed by atoms with Gasteiger partial charge in [-0.25, -0.2) is 4.98 Å². The Kier molecular flexibility index (Phi) is 6.89. The minimum Gasteiger partial charge on any atom is -0.370 e. The van der Waals surface area contributed by atoms with Crippen LogP contribution >= 0.6 is 0 Å². The van der Waals surface area contributed by atoms with Crippen molar-refractivity contribution in [1.29, 1.82) is 0 Å². The molecule has 0 aliphatic heterocycles. The highest BCUT2D eigenvalue weighted by Crippen LogP contribution is 2.09. The van der Waals surface area contributed by atoms with Crippen molar-refractivity contribution in [3.05, 3.63) is 23.9 Å². The maximum atomic E-state index is 11.6. The fraction of sp³-hybridized carbons (Fsp3) is 0.571. The summed E-state index contributed by atoms with van der Waals surface area (Å²) in [6.07, 6.45) is 1.80. The van der Waals surface area contributed by atoms with Gasteiger partial charge in [-0.15, -0.1) is 0 Å². The van der Waals surface area contributed by atoms with E-state index in [-0.39, 0.29) is 5.91 Å². The van der Waals surface area contributed by atoms with Gasteiger partial charge >= 0.3 is 0 Å². The molecule has 0 radical (unpaired) electrons. The average molecular weight is 264 g/mol. The average Bonchev–Trinajstić information content (AvgIpc) is 2.39. The third-order valence-electron chi connectivity index (χ3n) is 2.78. The van der Waals surface area contributed by atoms with Crippen LogP contribution in [0.25, 0.3) is 0 Å². The third kappa shape index (κ3) is 5.70. The molecule has 5 heteroatoms. The molecule has 0 unspecified atom stereocenters. The van der Waals surface area contributed by atoms with E-state index < -0.39 is 0 Å². The largest absolute Gasteiger partial charge is 0.370 e. The number of pyridine rings is 1. The number of carbonyl (C=O) groups is 1. The first-order chi connectivity index (χ1) is 9.19. The number of likely N-dealkylation sites (N-methyl/N-ethyl adjacent to an activating group) is 2. The van der Waals surface area contributed by atoms with E-state index >= 15 is 0 Å². The number of carbonyl (C=O) groups excluding carboxylic acids is 1. The Hall–Kier alpha value is -1.62. The maximum absolute atomic E-state index is 11.6. The topological polar surface area (TPSA) is 57.3 Å². The molecule has 0 fully saturated rings. The monoisotopic (exact) mass is 264 g/mol. The van der Waals surface area contributed by atoms with Gasteiger partial charge in [-0.1, -0.05) is 6.92 Å². The van der Waals surface area contributed by atoms with Crippen LogP contribution in [0.4, 0.5) is 5.82 Å². The highest BCUT2D eigenvalue weighted by molar-refractivity contribution is 5.77. The highest BCUT2D eigenvalue weighted by Gasteiger charge is 2.09. The van der Waals surface area contributed by atoms with Gasteiger partial charge in [-0.05, 0) is 38.1 Å². The minimum absolute atomic E-state index is 0.0744. The Morgan fingerprint density at radius 3 is 2.74 bits per heavy atom. The van der Waals surface area contributed by atoms with Gasteiger partial charge in [0.1, 0.15) is 5.82 Å². The van der Waals surface area contributed by atoms with E-state index in [0.29, 0.717) is 13.1 Å². The Morgan fingerprint density at radius 2 is 2.11 bits per heavy atom. The van der Waals surface area contributed by atoms with Crippen molar-refractivity contribution >= 4 is 11.7 Å². The Balaban J connectivity index is 2.59. The number of hydrogen-bond donors (Lipinski definition) is 2. The molecule has 0 aromatic carbocycles. The van der Waals surface area contributed by atoms with Crippen molar-refractivity contribution in [3.63, 3.8) is 0 Å². The van der Waals surface area contributed by atoms with Crippen LogP contribution in [-0.2, 0) is 11.3 Å². The minimum atomic E-state index is 0.0744. The van der Waals surface area contributed by atoms with E-state index in [9.17, 15) is 4.79 Å². The summed E-state index contributed by atoms with van der Waals surface area (Å²) >= 11 is 0. The SMILES string of the molecule is CCNC(=O)CN(CC)Cc1ccnc(NCC)c1. The molecule has 1 amide bonds. The molecular formula is C14H24N4O. The maximum Gasteiger partial charge on any atom is 0.234 e. The second kappa shape index (κ2) is 8.48. The predicted octanol–water partition coefficient (Wildman–Crippen LogP) is 1.47. The van der Waals surface area contributed by atoms with E-state index in [2.05, 4.69) is 27.4 Å². The molecule has 1 heterocycles. The van der Waals surface area contributed by atoms with Crippen LogP contribution in [0.15, 0.2) is 18.3 Å². The normalized spacial score (nSPS) is 10.5. The van der Waals surface area contributed by atoms with E-state index in [1.807, 2.05) is 26.0 Å². The summed E-state index contributed by atoms with van der Waals surface area (Å²) in [4.78, 5) is 17.9. The number of nitrogens with zero attached hydrogens (tertiary/aromatic N) is 2. The first-order valence-corrected chi connectivity index (χ1v) is 6.87. The van der Waals surface area contributed by atoms with Crippen LogP contribution in [0.2, 0.25) is 0 Å². The molecule has 5 nitrogen and oxygen atoms in total. The van der Waals surface area contributed by atoms with Crippen molar-refractivity contribution in [1.82, 2.24) is 15.2 Å². The van der Waals surface area contributed by atoms with Crippen LogP contribution in [0.1, 0.15) is 26.3 Å². The Bertz CT molecular complexity index is 395. The van der Waals surface area contributed by atoms with Gasteiger partial charge in [0.15, 0.2) is 0 Å². The lowest BCUT2D eigenvalue weighted by Crippen LogP contribution is -2.36. The highest BCUT2D eigenvalue weighted by atomic mass is 16.2. The molecule has 0 saturated heterocycles. The zero-order chi connectivity index (χ0) is 14.1. The second-order valence-electron chi connectivity index (χ2n) is 4.34. The van der Waals surface area contributed by atoms with Crippen molar-refractivity contribution in [2.45, 2.75) is 27.3 Å². The molecule has 0 atom stereocenters. The van der Waals surface area contributed by atoms with Gasteiger partial charge < -0.3 is 10.6 Å².